The number of hydrogen-bond donors (Lipinski definition) is 2. The van der Waals surface area contributed by atoms with E-state index in [0.29, 0.717) is 29.6 Å². The molecular formula is C23H25BrN6O2. The zero-order chi connectivity index (χ0) is 23.0. The van der Waals surface area contributed by atoms with Crippen LogP contribution >= 0.6 is 15.9 Å². The molecule has 0 saturated carbocycles. The highest BCUT2D eigenvalue weighted by Crippen LogP contribution is 2.39. The van der Waals surface area contributed by atoms with Crippen molar-refractivity contribution in [3.05, 3.63) is 74.9 Å². The quantitative estimate of drug-likeness (QED) is 0.550. The number of nitrogens with one attached hydrogen (secondary N) is 1. The standard InChI is InChI=1S/C23H25BrN6O2/c1-13-19(21(25)31)20(30-22(26-13)27-28-29-30)17-11-16(24)9-10-18(17)32-12-14-5-7-15(8-6-14)23(2,3)4/h5-11,20H,12H2,1-4H3,(H2,25,31)(H,26,27,29). The van der Waals surface area contributed by atoms with Gasteiger partial charge in [-0.2, -0.15) is 4.68 Å². The number of primary amides is 1. The molecule has 3 aromatic rings. The highest BCUT2D eigenvalue weighted by atomic mass is 79.9. The minimum atomic E-state index is -0.616. The third kappa shape index (κ3) is 4.25. The fraction of sp³-hybridized carbons (Fsp3) is 0.304. The van der Waals surface area contributed by atoms with Gasteiger partial charge in [-0.3, -0.25) is 4.79 Å². The summed E-state index contributed by atoms with van der Waals surface area (Å²) in [6.07, 6.45) is 0. The summed E-state index contributed by atoms with van der Waals surface area (Å²) in [6.45, 7) is 8.71. The van der Waals surface area contributed by atoms with Gasteiger partial charge in [0.15, 0.2) is 0 Å². The number of aromatic nitrogens is 4. The van der Waals surface area contributed by atoms with Gasteiger partial charge in [-0.15, -0.1) is 0 Å². The first-order chi connectivity index (χ1) is 15.1. The Balaban J connectivity index is 1.69. The molecule has 1 unspecified atom stereocenters. The number of amides is 1. The van der Waals surface area contributed by atoms with E-state index in [2.05, 4.69) is 81.8 Å². The van der Waals surface area contributed by atoms with Crippen LogP contribution in [0.1, 0.15) is 50.4 Å². The summed E-state index contributed by atoms with van der Waals surface area (Å²) in [5.41, 5.74) is 9.85. The Bertz CT molecular complexity index is 1190. The van der Waals surface area contributed by atoms with Crippen molar-refractivity contribution < 1.29 is 9.53 Å². The SMILES string of the molecule is CC1=C(C(N)=O)C(c2cc(Br)ccc2OCc2ccc(C(C)(C)C)cc2)n2nnnc2N1. The predicted octanol–water partition coefficient (Wildman–Crippen LogP) is 4.09. The molecule has 3 N–H and O–H groups in total. The summed E-state index contributed by atoms with van der Waals surface area (Å²) in [5.74, 6) is 0.499. The van der Waals surface area contributed by atoms with E-state index in [1.54, 1.807) is 11.6 Å². The number of nitrogens with zero attached hydrogens (tertiary/aromatic N) is 4. The second-order valence-electron chi connectivity index (χ2n) is 8.80. The van der Waals surface area contributed by atoms with Gasteiger partial charge in [0.1, 0.15) is 18.4 Å². The second-order valence-corrected chi connectivity index (χ2v) is 9.71. The Labute approximate surface area is 195 Å². The molecule has 1 aliphatic rings. The van der Waals surface area contributed by atoms with Crippen molar-refractivity contribution >= 4 is 27.8 Å². The number of hydrogen-bond acceptors (Lipinski definition) is 6. The molecule has 0 saturated heterocycles. The zero-order valence-corrected chi connectivity index (χ0v) is 20.0. The number of tetrazole rings is 1. The van der Waals surface area contributed by atoms with E-state index in [-0.39, 0.29) is 5.41 Å². The maximum Gasteiger partial charge on any atom is 0.248 e. The molecule has 0 aliphatic carbocycles. The van der Waals surface area contributed by atoms with Crippen LogP contribution in [0.3, 0.4) is 0 Å². The van der Waals surface area contributed by atoms with Gasteiger partial charge in [0.05, 0.1) is 5.57 Å². The van der Waals surface area contributed by atoms with Crippen LogP contribution < -0.4 is 15.8 Å². The van der Waals surface area contributed by atoms with Crippen molar-refractivity contribution in [1.82, 2.24) is 20.2 Å². The van der Waals surface area contributed by atoms with E-state index >= 15 is 0 Å². The average Bonchev–Trinajstić information content (AvgIpc) is 3.19. The number of carbonyl (C=O) groups excluding carboxylic acids is 1. The molecular weight excluding hydrogens is 472 g/mol. The van der Waals surface area contributed by atoms with E-state index in [1.165, 1.54) is 5.56 Å². The number of ether oxygens (including phenoxy) is 1. The molecule has 1 atom stereocenters. The molecule has 9 heteroatoms. The molecule has 166 valence electrons. The fourth-order valence-electron chi connectivity index (χ4n) is 3.75. The molecule has 0 fully saturated rings. The lowest BCUT2D eigenvalue weighted by Crippen LogP contribution is -2.32. The van der Waals surface area contributed by atoms with Crippen LogP contribution in [0.4, 0.5) is 5.95 Å². The third-order valence-corrected chi connectivity index (χ3v) is 5.95. The summed E-state index contributed by atoms with van der Waals surface area (Å²) in [4.78, 5) is 12.4. The number of benzene rings is 2. The molecule has 2 heterocycles. The van der Waals surface area contributed by atoms with Crippen LogP contribution in [0, 0.1) is 0 Å². The van der Waals surface area contributed by atoms with Crippen LogP contribution in [-0.4, -0.2) is 26.1 Å². The summed E-state index contributed by atoms with van der Waals surface area (Å²) < 4.78 is 8.59. The van der Waals surface area contributed by atoms with Crippen molar-refractivity contribution in [2.24, 2.45) is 5.73 Å². The van der Waals surface area contributed by atoms with E-state index in [1.807, 2.05) is 18.2 Å². The van der Waals surface area contributed by atoms with Crippen molar-refractivity contribution in [1.29, 1.82) is 0 Å². The maximum atomic E-state index is 12.4. The van der Waals surface area contributed by atoms with Gasteiger partial charge >= 0.3 is 0 Å². The van der Waals surface area contributed by atoms with Gasteiger partial charge in [0.25, 0.3) is 0 Å². The Kier molecular flexibility index (Phi) is 5.77. The van der Waals surface area contributed by atoms with E-state index in [0.717, 1.165) is 15.6 Å². The predicted molar refractivity (Wildman–Crippen MR) is 125 cm³/mol. The molecule has 1 aliphatic heterocycles. The third-order valence-electron chi connectivity index (χ3n) is 5.46. The van der Waals surface area contributed by atoms with Crippen molar-refractivity contribution in [3.63, 3.8) is 0 Å². The maximum absolute atomic E-state index is 12.4. The Morgan fingerprint density at radius 2 is 1.94 bits per heavy atom. The molecule has 0 spiro atoms. The lowest BCUT2D eigenvalue weighted by Gasteiger charge is -2.28. The number of anilines is 1. The fourth-order valence-corrected chi connectivity index (χ4v) is 4.12. The number of halogens is 1. The largest absolute Gasteiger partial charge is 0.489 e. The normalized spacial score (nSPS) is 15.8. The zero-order valence-electron chi connectivity index (χ0n) is 18.4. The number of rotatable bonds is 5. The van der Waals surface area contributed by atoms with Crippen molar-refractivity contribution in [2.45, 2.75) is 45.8 Å². The molecule has 0 radical (unpaired) electrons. The highest BCUT2D eigenvalue weighted by Gasteiger charge is 2.35. The average molecular weight is 497 g/mol. The molecule has 4 rings (SSSR count). The van der Waals surface area contributed by atoms with E-state index in [4.69, 9.17) is 10.5 Å². The van der Waals surface area contributed by atoms with Gasteiger partial charge in [-0.05, 0) is 52.1 Å². The summed E-state index contributed by atoms with van der Waals surface area (Å²) >= 11 is 3.52. The number of fused-ring (bicyclic) bond motifs is 1. The lowest BCUT2D eigenvalue weighted by molar-refractivity contribution is -0.115. The molecule has 32 heavy (non-hydrogen) atoms. The summed E-state index contributed by atoms with van der Waals surface area (Å²) in [6, 6.07) is 13.4. The van der Waals surface area contributed by atoms with Crippen LogP contribution in [0.15, 0.2) is 58.2 Å². The summed E-state index contributed by atoms with van der Waals surface area (Å²) in [5, 5.41) is 14.9. The van der Waals surface area contributed by atoms with Crippen LogP contribution in [0.25, 0.3) is 0 Å². The first-order valence-electron chi connectivity index (χ1n) is 10.2. The Morgan fingerprint density at radius 3 is 2.59 bits per heavy atom. The van der Waals surface area contributed by atoms with Gasteiger partial charge in [0, 0.05) is 15.7 Å². The van der Waals surface area contributed by atoms with E-state index in [9.17, 15) is 4.79 Å². The monoisotopic (exact) mass is 496 g/mol. The van der Waals surface area contributed by atoms with Gasteiger partial charge < -0.3 is 15.8 Å². The van der Waals surface area contributed by atoms with Gasteiger partial charge in [-0.25, -0.2) is 0 Å². The lowest BCUT2D eigenvalue weighted by atomic mass is 9.87. The van der Waals surface area contributed by atoms with Crippen LogP contribution in [0.5, 0.6) is 5.75 Å². The smallest absolute Gasteiger partial charge is 0.248 e. The first-order valence-corrected chi connectivity index (χ1v) is 11.0. The van der Waals surface area contributed by atoms with Crippen molar-refractivity contribution in [2.75, 3.05) is 5.32 Å². The van der Waals surface area contributed by atoms with Crippen LogP contribution in [-0.2, 0) is 16.8 Å². The number of carbonyl (C=O) groups is 1. The topological polar surface area (TPSA) is 108 Å². The Hall–Kier alpha value is -3.20. The Morgan fingerprint density at radius 1 is 1.22 bits per heavy atom. The molecule has 2 aromatic carbocycles. The van der Waals surface area contributed by atoms with Gasteiger partial charge in [0.2, 0.25) is 11.9 Å². The second kappa shape index (κ2) is 8.38. The highest BCUT2D eigenvalue weighted by molar-refractivity contribution is 9.10. The minimum absolute atomic E-state index is 0.0895. The molecule has 0 bridgehead atoms. The number of allylic oxidation sites excluding steroid dienone is 1. The summed E-state index contributed by atoms with van der Waals surface area (Å²) in [7, 11) is 0. The first kappa shape index (κ1) is 22.0. The molecule has 1 amide bonds. The number of nitrogens with two attached hydrogens (primary N) is 1. The van der Waals surface area contributed by atoms with Crippen molar-refractivity contribution in [3.8, 4) is 5.75 Å². The van der Waals surface area contributed by atoms with Gasteiger partial charge in [-0.1, -0.05) is 66.1 Å². The minimum Gasteiger partial charge on any atom is -0.489 e. The van der Waals surface area contributed by atoms with E-state index < -0.39 is 11.9 Å². The van der Waals surface area contributed by atoms with Crippen LogP contribution in [0.2, 0.25) is 0 Å². The molecule has 8 nitrogen and oxygen atoms in total. The molecule has 1 aromatic heterocycles.